The number of hydrogen-bond acceptors (Lipinski definition) is 9. The number of benzene rings is 1. The van der Waals surface area contributed by atoms with Gasteiger partial charge in [-0.2, -0.15) is 0 Å². The average Bonchev–Trinajstić information content (AvgIpc) is 3.76. The molecule has 0 radical (unpaired) electrons. The van der Waals surface area contributed by atoms with Crippen LogP contribution < -0.4 is 25.4 Å². The normalized spacial score (nSPS) is 17.5. The van der Waals surface area contributed by atoms with E-state index in [1.54, 1.807) is 30.5 Å². The van der Waals surface area contributed by atoms with E-state index in [0.717, 1.165) is 30.5 Å². The first-order valence-corrected chi connectivity index (χ1v) is 15.3. The van der Waals surface area contributed by atoms with E-state index in [-0.39, 0.29) is 62.7 Å². The maximum Gasteiger partial charge on any atom is 0.290 e. The zero-order chi connectivity index (χ0) is 33.6. The summed E-state index contributed by atoms with van der Waals surface area (Å²) in [5, 5.41) is 15.4. The largest absolute Gasteiger partial charge is 0.492 e. The number of carbonyl (C=O) groups excluding carboxylic acids is 4. The topological polar surface area (TPSA) is 205 Å². The van der Waals surface area contributed by atoms with Crippen LogP contribution in [0.3, 0.4) is 0 Å². The Bertz CT molecular complexity index is 1550. The van der Waals surface area contributed by atoms with Crippen LogP contribution in [-0.4, -0.2) is 101 Å². The van der Waals surface area contributed by atoms with Crippen LogP contribution in [0.2, 0.25) is 0 Å². The molecule has 250 valence electrons. The third-order valence-electron chi connectivity index (χ3n) is 7.61. The molecular weight excluding hydrogens is 610 g/mol. The lowest BCUT2D eigenvalue weighted by Gasteiger charge is -2.23. The first-order chi connectivity index (χ1) is 22.8. The molecule has 15 nitrogen and oxygen atoms in total. The lowest BCUT2D eigenvalue weighted by molar-refractivity contribution is -0.123. The lowest BCUT2D eigenvalue weighted by atomic mass is 10.1. The van der Waals surface area contributed by atoms with E-state index in [2.05, 4.69) is 30.9 Å². The Morgan fingerprint density at radius 1 is 1.13 bits per heavy atom. The summed E-state index contributed by atoms with van der Waals surface area (Å²) in [6, 6.07) is 7.58. The van der Waals surface area contributed by atoms with Crippen LogP contribution in [0.25, 0.3) is 0 Å². The Morgan fingerprint density at radius 3 is 2.72 bits per heavy atom. The quantitative estimate of drug-likeness (QED) is 0.253. The Hall–Kier alpha value is -5.47. The average molecular weight is 650 g/mol. The highest BCUT2D eigenvalue weighted by Gasteiger charge is 2.27. The molecule has 0 fully saturated rings. The fourth-order valence-electron chi connectivity index (χ4n) is 5.33. The maximum absolute atomic E-state index is 13.7. The summed E-state index contributed by atoms with van der Waals surface area (Å²) >= 11 is 0. The minimum absolute atomic E-state index is 0.151. The number of carbonyl (C=O) groups is 5. The highest BCUT2D eigenvalue weighted by Crippen LogP contribution is 2.27. The third-order valence-corrected chi connectivity index (χ3v) is 7.61. The molecule has 4 amide bonds. The molecule has 15 heteroatoms. The van der Waals surface area contributed by atoms with Gasteiger partial charge in [0.1, 0.15) is 24.0 Å². The van der Waals surface area contributed by atoms with Gasteiger partial charge in [0.2, 0.25) is 17.7 Å². The molecule has 2 aliphatic rings. The molecule has 1 aliphatic heterocycles. The number of aromatic nitrogens is 3. The van der Waals surface area contributed by atoms with Crippen LogP contribution >= 0.6 is 0 Å². The van der Waals surface area contributed by atoms with Crippen molar-refractivity contribution in [1.82, 2.24) is 35.8 Å². The maximum atomic E-state index is 13.7. The van der Waals surface area contributed by atoms with Gasteiger partial charge in [-0.05, 0) is 61.9 Å². The molecule has 3 heterocycles. The van der Waals surface area contributed by atoms with Gasteiger partial charge in [0.05, 0.1) is 26.5 Å². The molecule has 0 saturated carbocycles. The number of rotatable bonds is 4. The molecule has 0 spiro atoms. The van der Waals surface area contributed by atoms with Crippen LogP contribution in [-0.2, 0) is 33.6 Å². The van der Waals surface area contributed by atoms with Crippen molar-refractivity contribution in [2.24, 2.45) is 0 Å². The molecule has 3 aromatic rings. The monoisotopic (exact) mass is 649 g/mol. The van der Waals surface area contributed by atoms with Crippen LogP contribution in [0.1, 0.15) is 56.9 Å². The molecule has 1 aliphatic carbocycles. The number of aromatic amines is 1. The molecule has 1 aromatic carbocycles. The Labute approximate surface area is 271 Å². The first kappa shape index (κ1) is 34.4. The summed E-state index contributed by atoms with van der Waals surface area (Å²) in [5.41, 5.74) is 3.32. The molecule has 5 N–H and O–H groups in total. The summed E-state index contributed by atoms with van der Waals surface area (Å²) in [5.74, 6) is -0.765. The summed E-state index contributed by atoms with van der Waals surface area (Å²) < 4.78 is 11.2. The van der Waals surface area contributed by atoms with Gasteiger partial charge in [-0.1, -0.05) is 6.07 Å². The third kappa shape index (κ3) is 9.76. The molecular formula is C32H39N7O8. The number of amides is 4. The van der Waals surface area contributed by atoms with Crippen LogP contribution in [0.4, 0.5) is 0 Å². The SMILES string of the molecule is COc1nc2c(cc1C(=O)N1CCCCNC(=O)C(Cc3cnc[nH]3)NC(=O)c3cccc(c3)OCCNC(=O)C1)CCC2.O=CO. The van der Waals surface area contributed by atoms with Crippen molar-refractivity contribution >= 4 is 30.1 Å². The number of nitrogens with one attached hydrogen (secondary N) is 4. The number of fused-ring (bicyclic) bond motifs is 3. The summed E-state index contributed by atoms with van der Waals surface area (Å²) in [7, 11) is 1.48. The van der Waals surface area contributed by atoms with Gasteiger partial charge in [0.15, 0.2) is 0 Å². The standard InChI is InChI=1S/C31H37N7O6.CH2O2/c1-43-30-24(15-20-6-5-9-25(20)37-30)31(42)38-12-3-2-10-34-29(41)26(16-22-17-32-19-35-22)36-28(40)21-7-4-8-23(14-21)44-13-11-33-27(39)18-38;2-1-3/h4,7-8,14-15,17,19,26H,2-3,5-6,9-13,16,18H2,1H3,(H,32,35)(H,33,39)(H,34,41)(H,36,40);1H,(H,2,3). The smallest absolute Gasteiger partial charge is 0.290 e. The lowest BCUT2D eigenvalue weighted by Crippen LogP contribution is -2.48. The van der Waals surface area contributed by atoms with Gasteiger partial charge >= 0.3 is 0 Å². The molecule has 5 rings (SSSR count). The first-order valence-electron chi connectivity index (χ1n) is 15.3. The van der Waals surface area contributed by atoms with E-state index in [0.29, 0.717) is 42.0 Å². The number of ether oxygens (including phenoxy) is 2. The van der Waals surface area contributed by atoms with Crippen molar-refractivity contribution in [3.8, 4) is 11.6 Å². The van der Waals surface area contributed by atoms with Gasteiger partial charge in [0, 0.05) is 42.7 Å². The number of pyridine rings is 1. The molecule has 2 bridgehead atoms. The van der Waals surface area contributed by atoms with Gasteiger partial charge < -0.3 is 40.4 Å². The van der Waals surface area contributed by atoms with Crippen LogP contribution in [0.15, 0.2) is 42.9 Å². The van der Waals surface area contributed by atoms with Crippen molar-refractivity contribution in [3.63, 3.8) is 0 Å². The van der Waals surface area contributed by atoms with Crippen molar-refractivity contribution in [1.29, 1.82) is 0 Å². The number of imidazole rings is 1. The van der Waals surface area contributed by atoms with E-state index in [9.17, 15) is 19.2 Å². The Morgan fingerprint density at radius 2 is 1.96 bits per heavy atom. The van der Waals surface area contributed by atoms with Crippen molar-refractivity contribution in [2.45, 2.75) is 44.6 Å². The second kappa shape index (κ2) is 17.3. The summed E-state index contributed by atoms with van der Waals surface area (Å²) in [6.45, 7) is 0.532. The number of H-pyrrole nitrogens is 1. The minimum atomic E-state index is -0.853. The molecule has 47 heavy (non-hydrogen) atoms. The van der Waals surface area contributed by atoms with Gasteiger partial charge in [-0.15, -0.1) is 0 Å². The zero-order valence-electron chi connectivity index (χ0n) is 26.1. The van der Waals surface area contributed by atoms with Crippen molar-refractivity contribution in [2.75, 3.05) is 39.9 Å². The van der Waals surface area contributed by atoms with Gasteiger partial charge in [0.25, 0.3) is 18.3 Å². The molecule has 1 unspecified atom stereocenters. The molecule has 2 aromatic heterocycles. The highest BCUT2D eigenvalue weighted by molar-refractivity contribution is 5.99. The Kier molecular flexibility index (Phi) is 12.7. The zero-order valence-corrected chi connectivity index (χ0v) is 26.1. The predicted molar refractivity (Wildman–Crippen MR) is 168 cm³/mol. The number of hydrogen-bond donors (Lipinski definition) is 5. The predicted octanol–water partition coefficient (Wildman–Crippen LogP) is 0.891. The number of aryl methyl sites for hydroxylation is 2. The minimum Gasteiger partial charge on any atom is -0.492 e. The molecule has 1 atom stereocenters. The van der Waals surface area contributed by atoms with E-state index >= 15 is 0 Å². The molecule has 0 saturated heterocycles. The number of carboxylic acid groups (broad SMARTS) is 1. The van der Waals surface area contributed by atoms with E-state index in [4.69, 9.17) is 19.4 Å². The fourth-order valence-corrected chi connectivity index (χ4v) is 5.33. The fraction of sp³-hybridized carbons (Fsp3) is 0.406. The summed E-state index contributed by atoms with van der Waals surface area (Å²) in [6.07, 6.45) is 7.06. The van der Waals surface area contributed by atoms with E-state index in [1.165, 1.54) is 18.3 Å². The van der Waals surface area contributed by atoms with Crippen LogP contribution in [0.5, 0.6) is 11.6 Å². The second-order valence-corrected chi connectivity index (χ2v) is 10.9. The number of methoxy groups -OCH3 is 1. The van der Waals surface area contributed by atoms with E-state index < -0.39 is 11.9 Å². The van der Waals surface area contributed by atoms with E-state index in [1.807, 2.05) is 6.07 Å². The van der Waals surface area contributed by atoms with Gasteiger partial charge in [-0.3, -0.25) is 24.0 Å². The Balaban J connectivity index is 0.00000160. The number of nitrogens with zero attached hydrogens (tertiary/aromatic N) is 3. The second-order valence-electron chi connectivity index (χ2n) is 10.9. The van der Waals surface area contributed by atoms with Crippen LogP contribution in [0, 0.1) is 0 Å². The van der Waals surface area contributed by atoms with Crippen molar-refractivity contribution < 1.29 is 38.6 Å². The van der Waals surface area contributed by atoms with Gasteiger partial charge in [-0.25, -0.2) is 9.97 Å². The van der Waals surface area contributed by atoms with Crippen molar-refractivity contribution in [3.05, 3.63) is 70.9 Å². The summed E-state index contributed by atoms with van der Waals surface area (Å²) in [4.78, 5) is 74.3. The highest BCUT2D eigenvalue weighted by atomic mass is 16.5.